The smallest absolute Gasteiger partial charge is 0.488 e. The summed E-state index contributed by atoms with van der Waals surface area (Å²) in [6.45, 7) is 7.73. The first-order valence-electron chi connectivity index (χ1n) is 7.06. The van der Waals surface area contributed by atoms with Crippen molar-refractivity contribution in [1.82, 2.24) is 0 Å². The van der Waals surface area contributed by atoms with Crippen LogP contribution in [0.4, 0.5) is 5.69 Å². The van der Waals surface area contributed by atoms with Gasteiger partial charge in [0.1, 0.15) is 11.4 Å². The Bertz CT molecular complexity index is 678. The molecule has 0 fully saturated rings. The summed E-state index contributed by atoms with van der Waals surface area (Å²) in [5.41, 5.74) is 6.83. The first-order chi connectivity index (χ1) is 10.3. The van der Waals surface area contributed by atoms with Crippen LogP contribution in [0.3, 0.4) is 0 Å². The molecule has 2 aromatic carbocycles. The molecule has 2 aromatic rings. The van der Waals surface area contributed by atoms with E-state index < -0.39 is 8.03 Å². The van der Waals surface area contributed by atoms with Crippen LogP contribution < -0.4 is 20.3 Å². The second kappa shape index (κ2) is 6.37. The van der Waals surface area contributed by atoms with Gasteiger partial charge in [-0.2, -0.15) is 0 Å². The summed E-state index contributed by atoms with van der Waals surface area (Å²) >= 11 is 0. The van der Waals surface area contributed by atoms with Gasteiger partial charge in [-0.3, -0.25) is 4.52 Å². The second-order valence-corrected chi connectivity index (χ2v) is 7.15. The van der Waals surface area contributed by atoms with E-state index in [9.17, 15) is 4.57 Å². The Kier molecular flexibility index (Phi) is 4.72. The molecule has 22 heavy (non-hydrogen) atoms. The summed E-state index contributed by atoms with van der Waals surface area (Å²) < 4.78 is 24.0. The predicted molar refractivity (Wildman–Crippen MR) is 90.3 cm³/mol. The summed E-state index contributed by atoms with van der Waals surface area (Å²) in [6.07, 6.45) is 0. The third-order valence-corrected chi connectivity index (χ3v) is 4.28. The van der Waals surface area contributed by atoms with Crippen LogP contribution in [0.1, 0.15) is 26.3 Å². The van der Waals surface area contributed by atoms with Crippen molar-refractivity contribution in [3.63, 3.8) is 0 Å². The number of hydrogen-bond donors (Lipinski definition) is 1. The number of anilines is 1. The van der Waals surface area contributed by atoms with Crippen molar-refractivity contribution in [3.05, 3.63) is 48.0 Å². The Labute approximate surface area is 132 Å². The minimum Gasteiger partial charge on any atom is -0.488 e. The summed E-state index contributed by atoms with van der Waals surface area (Å²) in [6, 6.07) is 12.5. The van der Waals surface area contributed by atoms with E-state index in [1.807, 2.05) is 45.9 Å². The molecule has 5 heteroatoms. The standard InChI is InChI=1S/C17H21NO3P/c1-12-15(20-17(2,3)4)11-10-14(18)16(12)22(19)21-13-8-6-5-7-9-13/h5-11H,18H2,1-4H3/q+1. The highest BCUT2D eigenvalue weighted by molar-refractivity contribution is 7.49. The van der Waals surface area contributed by atoms with E-state index in [0.29, 0.717) is 22.5 Å². The minimum absolute atomic E-state index is 0.343. The Morgan fingerprint density at radius 3 is 2.27 bits per heavy atom. The molecule has 0 aliphatic heterocycles. The van der Waals surface area contributed by atoms with Gasteiger partial charge in [0.15, 0.2) is 5.75 Å². The third-order valence-electron chi connectivity index (χ3n) is 2.94. The highest BCUT2D eigenvalue weighted by Crippen LogP contribution is 2.33. The van der Waals surface area contributed by atoms with Gasteiger partial charge in [-0.25, -0.2) is 0 Å². The van der Waals surface area contributed by atoms with Gasteiger partial charge in [-0.05, 0) is 56.5 Å². The summed E-state index contributed by atoms with van der Waals surface area (Å²) in [7, 11) is -2.11. The van der Waals surface area contributed by atoms with E-state index in [0.717, 1.165) is 5.56 Å². The molecular weight excluding hydrogens is 297 g/mol. The Hall–Kier alpha value is -2.06. The van der Waals surface area contributed by atoms with Crippen LogP contribution in [-0.4, -0.2) is 5.60 Å². The molecule has 0 aromatic heterocycles. The first-order valence-corrected chi connectivity index (χ1v) is 8.24. The van der Waals surface area contributed by atoms with Crippen LogP contribution in [0.25, 0.3) is 0 Å². The molecule has 0 aliphatic rings. The fourth-order valence-electron chi connectivity index (χ4n) is 2.01. The molecule has 4 nitrogen and oxygen atoms in total. The molecule has 0 saturated carbocycles. The fourth-order valence-corrected chi connectivity index (χ4v) is 3.08. The van der Waals surface area contributed by atoms with Crippen LogP contribution in [0.2, 0.25) is 0 Å². The lowest BCUT2D eigenvalue weighted by Crippen LogP contribution is -2.25. The number of ether oxygens (including phenoxy) is 1. The average molecular weight is 318 g/mol. The lowest BCUT2D eigenvalue weighted by molar-refractivity contribution is 0.130. The lowest BCUT2D eigenvalue weighted by atomic mass is 10.1. The van der Waals surface area contributed by atoms with Gasteiger partial charge in [0, 0.05) is 0 Å². The van der Waals surface area contributed by atoms with Crippen LogP contribution in [0.15, 0.2) is 42.5 Å². The van der Waals surface area contributed by atoms with Crippen molar-refractivity contribution in [1.29, 1.82) is 0 Å². The van der Waals surface area contributed by atoms with Crippen molar-refractivity contribution in [2.45, 2.75) is 33.3 Å². The zero-order valence-corrected chi connectivity index (χ0v) is 14.2. The quantitative estimate of drug-likeness (QED) is 0.678. The molecule has 0 aliphatic carbocycles. The largest absolute Gasteiger partial charge is 0.599 e. The molecule has 0 bridgehead atoms. The third kappa shape index (κ3) is 3.99. The van der Waals surface area contributed by atoms with Crippen LogP contribution in [0, 0.1) is 6.92 Å². The van der Waals surface area contributed by atoms with Gasteiger partial charge >= 0.3 is 8.03 Å². The molecule has 0 saturated heterocycles. The zero-order valence-electron chi connectivity index (χ0n) is 13.3. The van der Waals surface area contributed by atoms with Gasteiger partial charge in [-0.15, -0.1) is 0 Å². The molecular formula is C17H21NO3P+. The van der Waals surface area contributed by atoms with E-state index in [2.05, 4.69) is 0 Å². The Morgan fingerprint density at radius 2 is 1.68 bits per heavy atom. The van der Waals surface area contributed by atoms with Crippen molar-refractivity contribution in [3.8, 4) is 11.5 Å². The predicted octanol–water partition coefficient (Wildman–Crippen LogP) is 4.20. The van der Waals surface area contributed by atoms with E-state index in [-0.39, 0.29) is 5.60 Å². The molecule has 0 radical (unpaired) electrons. The van der Waals surface area contributed by atoms with E-state index in [4.69, 9.17) is 15.0 Å². The number of para-hydroxylation sites is 1. The van der Waals surface area contributed by atoms with Crippen molar-refractivity contribution in [2.24, 2.45) is 0 Å². The van der Waals surface area contributed by atoms with Crippen molar-refractivity contribution in [2.75, 3.05) is 5.73 Å². The molecule has 0 heterocycles. The Morgan fingerprint density at radius 1 is 1.05 bits per heavy atom. The first kappa shape index (κ1) is 16.3. The number of nitrogens with two attached hydrogens (primary N) is 1. The number of nitrogen functional groups attached to an aromatic ring is 1. The minimum atomic E-state index is -2.11. The maximum absolute atomic E-state index is 12.6. The highest BCUT2D eigenvalue weighted by atomic mass is 31.1. The van der Waals surface area contributed by atoms with Crippen LogP contribution >= 0.6 is 8.03 Å². The number of hydrogen-bond acceptors (Lipinski definition) is 4. The summed E-state index contributed by atoms with van der Waals surface area (Å²) in [5.74, 6) is 1.21. The normalized spacial score (nSPS) is 11.9. The Balaban J connectivity index is 2.33. The van der Waals surface area contributed by atoms with Crippen molar-refractivity contribution >= 4 is 19.0 Å². The van der Waals surface area contributed by atoms with E-state index in [1.165, 1.54) is 0 Å². The molecule has 0 spiro atoms. The fraction of sp³-hybridized carbons (Fsp3) is 0.294. The lowest BCUT2D eigenvalue weighted by Gasteiger charge is -2.22. The molecule has 116 valence electrons. The molecule has 2 rings (SSSR count). The van der Waals surface area contributed by atoms with Gasteiger partial charge in [0.05, 0.1) is 11.3 Å². The van der Waals surface area contributed by atoms with Gasteiger partial charge < -0.3 is 10.5 Å². The summed E-state index contributed by atoms with van der Waals surface area (Å²) in [5, 5.41) is 0.487. The number of benzene rings is 2. The monoisotopic (exact) mass is 318 g/mol. The highest BCUT2D eigenvalue weighted by Gasteiger charge is 2.32. The molecule has 2 N–H and O–H groups in total. The molecule has 1 unspecified atom stereocenters. The molecule has 0 amide bonds. The van der Waals surface area contributed by atoms with Gasteiger partial charge in [0.25, 0.3) is 5.30 Å². The van der Waals surface area contributed by atoms with Crippen LogP contribution in [0.5, 0.6) is 11.5 Å². The molecule has 1 atom stereocenters. The summed E-state index contributed by atoms with van der Waals surface area (Å²) in [4.78, 5) is 0. The van der Waals surface area contributed by atoms with Gasteiger partial charge in [0.2, 0.25) is 0 Å². The SMILES string of the molecule is Cc1c(OC(C)(C)C)ccc(N)c1[P+](=O)Oc1ccccc1. The average Bonchev–Trinajstić information content (AvgIpc) is 2.42. The maximum atomic E-state index is 12.6. The van der Waals surface area contributed by atoms with Crippen molar-refractivity contribution < 1.29 is 13.8 Å². The zero-order chi connectivity index (χ0) is 16.3. The van der Waals surface area contributed by atoms with E-state index >= 15 is 0 Å². The van der Waals surface area contributed by atoms with E-state index in [1.54, 1.807) is 24.3 Å². The van der Waals surface area contributed by atoms with Crippen LogP contribution in [-0.2, 0) is 4.57 Å². The maximum Gasteiger partial charge on any atom is 0.599 e. The number of rotatable bonds is 4. The van der Waals surface area contributed by atoms with Gasteiger partial charge in [-0.1, -0.05) is 18.2 Å². The topological polar surface area (TPSA) is 61.5 Å². The second-order valence-electron chi connectivity index (χ2n) is 6.00.